The summed E-state index contributed by atoms with van der Waals surface area (Å²) in [6.45, 7) is 8.45. The molecule has 100 valence electrons. The Morgan fingerprint density at radius 3 is 2.50 bits per heavy atom. The zero-order valence-corrected chi connectivity index (χ0v) is 11.2. The number of nitrogens with one attached hydrogen (secondary N) is 1. The van der Waals surface area contributed by atoms with E-state index in [1.165, 1.54) is 5.56 Å². The van der Waals surface area contributed by atoms with E-state index in [4.69, 9.17) is 9.47 Å². The first kappa shape index (κ1) is 13.3. The van der Waals surface area contributed by atoms with Gasteiger partial charge in [-0.15, -0.1) is 0 Å². The van der Waals surface area contributed by atoms with E-state index < -0.39 is 0 Å². The van der Waals surface area contributed by atoms with Gasteiger partial charge >= 0.3 is 0 Å². The first-order valence-electron chi connectivity index (χ1n) is 6.56. The van der Waals surface area contributed by atoms with E-state index >= 15 is 0 Å². The van der Waals surface area contributed by atoms with Gasteiger partial charge in [-0.1, -0.05) is 12.1 Å². The van der Waals surface area contributed by atoms with Gasteiger partial charge < -0.3 is 9.47 Å². The zero-order valence-electron chi connectivity index (χ0n) is 11.2. The topological polar surface area (TPSA) is 33.7 Å². The Morgan fingerprint density at radius 1 is 1.22 bits per heavy atom. The number of ether oxygens (including phenoxy) is 2. The Morgan fingerprint density at radius 2 is 1.89 bits per heavy atom. The highest BCUT2D eigenvalue weighted by Gasteiger charge is 2.09. The molecule has 0 unspecified atom stereocenters. The molecular weight excluding hydrogens is 228 g/mol. The van der Waals surface area contributed by atoms with Crippen LogP contribution in [0.3, 0.4) is 0 Å². The van der Waals surface area contributed by atoms with Crippen molar-refractivity contribution in [3.05, 3.63) is 29.8 Å². The van der Waals surface area contributed by atoms with Crippen LogP contribution in [0.2, 0.25) is 0 Å². The molecule has 0 amide bonds. The van der Waals surface area contributed by atoms with Gasteiger partial charge in [-0.25, -0.2) is 5.01 Å². The molecule has 1 N–H and O–H groups in total. The van der Waals surface area contributed by atoms with Crippen LogP contribution in [0.25, 0.3) is 0 Å². The van der Waals surface area contributed by atoms with Gasteiger partial charge in [-0.2, -0.15) is 0 Å². The number of rotatable bonds is 5. The minimum Gasteiger partial charge on any atom is -0.491 e. The maximum absolute atomic E-state index is 5.62. The Labute approximate surface area is 109 Å². The average molecular weight is 250 g/mol. The van der Waals surface area contributed by atoms with E-state index in [2.05, 4.69) is 22.6 Å². The monoisotopic (exact) mass is 250 g/mol. The number of hydrogen-bond donors (Lipinski definition) is 1. The highest BCUT2D eigenvalue weighted by Crippen LogP contribution is 2.13. The van der Waals surface area contributed by atoms with Crippen molar-refractivity contribution in [3.8, 4) is 5.75 Å². The van der Waals surface area contributed by atoms with Crippen LogP contribution in [-0.4, -0.2) is 37.4 Å². The summed E-state index contributed by atoms with van der Waals surface area (Å²) >= 11 is 0. The molecular formula is C14H22N2O2. The molecule has 4 nitrogen and oxygen atoms in total. The van der Waals surface area contributed by atoms with Gasteiger partial charge in [0, 0.05) is 19.6 Å². The van der Waals surface area contributed by atoms with Crippen molar-refractivity contribution in [1.82, 2.24) is 10.4 Å². The number of morpholine rings is 1. The van der Waals surface area contributed by atoms with Gasteiger partial charge in [0.05, 0.1) is 19.3 Å². The van der Waals surface area contributed by atoms with Crippen molar-refractivity contribution < 1.29 is 9.47 Å². The molecule has 1 saturated heterocycles. The molecule has 1 aromatic carbocycles. The lowest BCUT2D eigenvalue weighted by atomic mass is 10.2. The highest BCUT2D eigenvalue weighted by molar-refractivity contribution is 5.27. The molecule has 0 aliphatic carbocycles. The Balaban J connectivity index is 1.78. The summed E-state index contributed by atoms with van der Waals surface area (Å²) in [5, 5.41) is 2.21. The van der Waals surface area contributed by atoms with Crippen LogP contribution in [0, 0.1) is 0 Å². The molecule has 1 aliphatic heterocycles. The molecule has 0 spiro atoms. The molecule has 1 fully saturated rings. The molecule has 1 heterocycles. The van der Waals surface area contributed by atoms with Gasteiger partial charge in [0.1, 0.15) is 5.75 Å². The van der Waals surface area contributed by atoms with E-state index in [1.807, 2.05) is 26.0 Å². The van der Waals surface area contributed by atoms with Gasteiger partial charge in [-0.3, -0.25) is 5.43 Å². The van der Waals surface area contributed by atoms with Crippen LogP contribution in [0.15, 0.2) is 24.3 Å². The van der Waals surface area contributed by atoms with E-state index in [0.29, 0.717) is 0 Å². The summed E-state index contributed by atoms with van der Waals surface area (Å²) in [4.78, 5) is 0. The largest absolute Gasteiger partial charge is 0.491 e. The number of hydrazine groups is 1. The Kier molecular flexibility index (Phi) is 4.99. The molecule has 18 heavy (non-hydrogen) atoms. The predicted molar refractivity (Wildman–Crippen MR) is 71.4 cm³/mol. The van der Waals surface area contributed by atoms with Crippen LogP contribution >= 0.6 is 0 Å². The maximum Gasteiger partial charge on any atom is 0.119 e. The van der Waals surface area contributed by atoms with Crippen LogP contribution < -0.4 is 10.2 Å². The minimum absolute atomic E-state index is 0.224. The summed E-state index contributed by atoms with van der Waals surface area (Å²) in [6, 6.07) is 8.25. The summed E-state index contributed by atoms with van der Waals surface area (Å²) in [5.74, 6) is 0.931. The highest BCUT2D eigenvalue weighted by atomic mass is 16.5. The van der Waals surface area contributed by atoms with Gasteiger partial charge in [0.2, 0.25) is 0 Å². The summed E-state index contributed by atoms with van der Waals surface area (Å²) in [6.07, 6.45) is 0.224. The smallest absolute Gasteiger partial charge is 0.119 e. The molecule has 4 heteroatoms. The Bertz CT molecular complexity index is 345. The second-order valence-electron chi connectivity index (χ2n) is 4.74. The van der Waals surface area contributed by atoms with Gasteiger partial charge in [-0.05, 0) is 31.5 Å². The van der Waals surface area contributed by atoms with Crippen LogP contribution in [-0.2, 0) is 11.3 Å². The fourth-order valence-electron chi connectivity index (χ4n) is 1.88. The lowest BCUT2D eigenvalue weighted by Gasteiger charge is -2.27. The van der Waals surface area contributed by atoms with Crippen LogP contribution in [0.5, 0.6) is 5.75 Å². The van der Waals surface area contributed by atoms with Crippen molar-refractivity contribution in [2.75, 3.05) is 26.3 Å². The quantitative estimate of drug-likeness (QED) is 0.864. The first-order chi connectivity index (χ1) is 8.74. The molecule has 1 aliphatic rings. The van der Waals surface area contributed by atoms with Crippen molar-refractivity contribution in [3.63, 3.8) is 0 Å². The maximum atomic E-state index is 5.62. The molecule has 2 rings (SSSR count). The third-order valence-corrected chi connectivity index (χ3v) is 2.81. The lowest BCUT2D eigenvalue weighted by Crippen LogP contribution is -2.45. The third-order valence-electron chi connectivity index (χ3n) is 2.81. The molecule has 1 aromatic rings. The summed E-state index contributed by atoms with van der Waals surface area (Å²) in [5.41, 5.74) is 4.67. The minimum atomic E-state index is 0.224. The second kappa shape index (κ2) is 6.73. The summed E-state index contributed by atoms with van der Waals surface area (Å²) in [7, 11) is 0. The van der Waals surface area contributed by atoms with Crippen molar-refractivity contribution in [1.29, 1.82) is 0 Å². The second-order valence-corrected chi connectivity index (χ2v) is 4.74. The normalized spacial score (nSPS) is 17.1. The number of hydrogen-bond acceptors (Lipinski definition) is 4. The fourth-order valence-corrected chi connectivity index (χ4v) is 1.88. The van der Waals surface area contributed by atoms with Crippen LogP contribution in [0.4, 0.5) is 0 Å². The average Bonchev–Trinajstić information content (AvgIpc) is 2.38. The van der Waals surface area contributed by atoms with E-state index in [0.717, 1.165) is 38.6 Å². The molecule has 0 radical (unpaired) electrons. The predicted octanol–water partition coefficient (Wildman–Crippen LogP) is 1.81. The third kappa shape index (κ3) is 4.29. The number of benzene rings is 1. The molecule has 0 saturated carbocycles. The van der Waals surface area contributed by atoms with E-state index in [9.17, 15) is 0 Å². The molecule has 0 aromatic heterocycles. The van der Waals surface area contributed by atoms with E-state index in [1.54, 1.807) is 0 Å². The first-order valence-corrected chi connectivity index (χ1v) is 6.56. The fraction of sp³-hybridized carbons (Fsp3) is 0.571. The summed E-state index contributed by atoms with van der Waals surface area (Å²) < 4.78 is 10.9. The van der Waals surface area contributed by atoms with Crippen molar-refractivity contribution in [2.24, 2.45) is 0 Å². The van der Waals surface area contributed by atoms with Gasteiger partial charge in [0.25, 0.3) is 0 Å². The van der Waals surface area contributed by atoms with Crippen molar-refractivity contribution >= 4 is 0 Å². The SMILES string of the molecule is CC(C)Oc1ccc(CNN2CCOCC2)cc1. The standard InChI is InChI=1S/C14H22N2O2/c1-12(2)18-14-5-3-13(4-6-14)11-15-16-7-9-17-10-8-16/h3-6,12,15H,7-11H2,1-2H3. The molecule has 0 bridgehead atoms. The van der Waals surface area contributed by atoms with Crippen LogP contribution in [0.1, 0.15) is 19.4 Å². The van der Waals surface area contributed by atoms with Crippen molar-refractivity contribution in [2.45, 2.75) is 26.5 Å². The molecule has 0 atom stereocenters. The Hall–Kier alpha value is -1.10. The van der Waals surface area contributed by atoms with E-state index in [-0.39, 0.29) is 6.10 Å². The lowest BCUT2D eigenvalue weighted by molar-refractivity contribution is 0.0106. The zero-order chi connectivity index (χ0) is 12.8. The number of nitrogens with zero attached hydrogens (tertiary/aromatic N) is 1. The van der Waals surface area contributed by atoms with Gasteiger partial charge in [0.15, 0.2) is 0 Å².